The van der Waals surface area contributed by atoms with Crippen LogP contribution in [-0.4, -0.2) is 96.7 Å². The topological polar surface area (TPSA) is 56.3 Å². The number of likely N-dealkylation sites (N-methyl/N-ethyl adjacent to an activating group) is 3. The van der Waals surface area contributed by atoms with E-state index in [0.29, 0.717) is 13.1 Å². The summed E-state index contributed by atoms with van der Waals surface area (Å²) in [6, 6.07) is 0.365. The molecule has 2 rings (SSSR count). The number of carbonyl (C=O) groups excluding carboxylic acids is 2. The van der Waals surface area contributed by atoms with Gasteiger partial charge in [0.2, 0.25) is 0 Å². The quantitative estimate of drug-likeness (QED) is 0.767. The number of amides is 3. The maximum atomic E-state index is 12.7. The first-order valence-electron chi connectivity index (χ1n) is 8.74. The van der Waals surface area contributed by atoms with Crippen LogP contribution in [0.4, 0.5) is 9.59 Å². The van der Waals surface area contributed by atoms with Gasteiger partial charge in [0.15, 0.2) is 0 Å². The van der Waals surface area contributed by atoms with Crippen LogP contribution < -0.4 is 0 Å². The second kappa shape index (κ2) is 7.17. The van der Waals surface area contributed by atoms with Crippen molar-refractivity contribution in [3.8, 4) is 0 Å². The number of likely N-dealkylation sites (tertiary alicyclic amines) is 2. The van der Waals surface area contributed by atoms with Crippen LogP contribution in [0.2, 0.25) is 0 Å². The minimum atomic E-state index is -0.506. The van der Waals surface area contributed by atoms with Crippen molar-refractivity contribution in [3.63, 3.8) is 0 Å². The van der Waals surface area contributed by atoms with Crippen LogP contribution in [0, 0.1) is 0 Å². The van der Waals surface area contributed by atoms with Gasteiger partial charge in [0.05, 0.1) is 6.04 Å². The molecule has 0 aliphatic carbocycles. The van der Waals surface area contributed by atoms with Crippen molar-refractivity contribution in [3.05, 3.63) is 0 Å². The second-order valence-electron chi connectivity index (χ2n) is 8.08. The molecule has 0 aromatic carbocycles. The van der Waals surface area contributed by atoms with Gasteiger partial charge in [0, 0.05) is 39.8 Å². The van der Waals surface area contributed by atoms with E-state index >= 15 is 0 Å². The zero-order valence-electron chi connectivity index (χ0n) is 15.9. The third-order valence-electron chi connectivity index (χ3n) is 4.88. The molecule has 2 fully saturated rings. The Morgan fingerprint density at radius 1 is 1.00 bits per heavy atom. The highest BCUT2D eigenvalue weighted by molar-refractivity contribution is 5.75. The highest BCUT2D eigenvalue weighted by atomic mass is 16.6. The Morgan fingerprint density at radius 3 is 2.12 bits per heavy atom. The van der Waals surface area contributed by atoms with E-state index < -0.39 is 5.60 Å². The molecule has 0 saturated carbocycles. The van der Waals surface area contributed by atoms with E-state index in [1.807, 2.05) is 37.6 Å². The molecule has 138 valence electrons. The van der Waals surface area contributed by atoms with Gasteiger partial charge in [-0.15, -0.1) is 0 Å². The van der Waals surface area contributed by atoms with Crippen LogP contribution in [0.15, 0.2) is 0 Å². The molecule has 2 aliphatic heterocycles. The van der Waals surface area contributed by atoms with Crippen LogP contribution in [0.3, 0.4) is 0 Å². The smallest absolute Gasteiger partial charge is 0.410 e. The van der Waals surface area contributed by atoms with Gasteiger partial charge in [-0.2, -0.15) is 0 Å². The predicted octanol–water partition coefficient (Wildman–Crippen LogP) is 1.68. The molecule has 3 amide bonds. The normalized spacial score (nSPS) is 25.0. The monoisotopic (exact) mass is 340 g/mol. The Kier molecular flexibility index (Phi) is 5.63. The molecule has 0 N–H and O–H groups in total. The van der Waals surface area contributed by atoms with Crippen molar-refractivity contribution in [1.29, 1.82) is 0 Å². The van der Waals surface area contributed by atoms with E-state index in [0.717, 1.165) is 25.9 Å². The van der Waals surface area contributed by atoms with Crippen molar-refractivity contribution >= 4 is 12.1 Å². The Labute approximate surface area is 145 Å². The third kappa shape index (κ3) is 4.53. The molecule has 2 saturated heterocycles. The first kappa shape index (κ1) is 18.8. The lowest BCUT2D eigenvalue weighted by molar-refractivity contribution is 0.0229. The van der Waals surface area contributed by atoms with Gasteiger partial charge in [0.25, 0.3) is 0 Å². The van der Waals surface area contributed by atoms with Gasteiger partial charge in [-0.05, 0) is 47.2 Å². The zero-order valence-corrected chi connectivity index (χ0v) is 15.9. The van der Waals surface area contributed by atoms with E-state index in [1.165, 1.54) is 0 Å². The molecule has 0 radical (unpaired) electrons. The molecular weight excluding hydrogens is 308 g/mol. The summed E-state index contributed by atoms with van der Waals surface area (Å²) in [5, 5.41) is 0. The summed E-state index contributed by atoms with van der Waals surface area (Å²) >= 11 is 0. The molecule has 7 nitrogen and oxygen atoms in total. The van der Waals surface area contributed by atoms with Gasteiger partial charge >= 0.3 is 12.1 Å². The molecule has 2 unspecified atom stereocenters. The van der Waals surface area contributed by atoms with E-state index in [2.05, 4.69) is 11.9 Å². The average molecular weight is 340 g/mol. The molecule has 2 atom stereocenters. The number of hydrogen-bond acceptors (Lipinski definition) is 4. The largest absolute Gasteiger partial charge is 0.444 e. The van der Waals surface area contributed by atoms with E-state index in [4.69, 9.17) is 4.74 Å². The summed E-state index contributed by atoms with van der Waals surface area (Å²) < 4.78 is 5.42. The lowest BCUT2D eigenvalue weighted by Gasteiger charge is -2.31. The number of carbonyl (C=O) groups is 2. The maximum absolute atomic E-state index is 12.7. The summed E-state index contributed by atoms with van der Waals surface area (Å²) in [6.45, 7) is 8.79. The number of ether oxygens (including phenoxy) is 1. The van der Waals surface area contributed by atoms with Gasteiger partial charge in [-0.3, -0.25) is 0 Å². The van der Waals surface area contributed by atoms with Gasteiger partial charge in [-0.1, -0.05) is 0 Å². The van der Waals surface area contributed by atoms with Gasteiger partial charge in [0.1, 0.15) is 5.60 Å². The highest BCUT2D eigenvalue weighted by Crippen LogP contribution is 2.21. The first-order valence-corrected chi connectivity index (χ1v) is 8.74. The van der Waals surface area contributed by atoms with Crippen LogP contribution in [0.1, 0.15) is 33.6 Å². The molecule has 0 bridgehead atoms. The molecule has 2 heterocycles. The number of urea groups is 1. The summed E-state index contributed by atoms with van der Waals surface area (Å²) in [4.78, 5) is 32.5. The SMILES string of the molecule is CN1CCC(N(C)C(=O)N2CCC(N(C)C(=O)OC(C)(C)C)C2)C1. The van der Waals surface area contributed by atoms with E-state index in [1.54, 1.807) is 11.9 Å². The fourth-order valence-corrected chi connectivity index (χ4v) is 3.32. The van der Waals surface area contributed by atoms with Crippen LogP contribution in [0.5, 0.6) is 0 Å². The zero-order chi connectivity index (χ0) is 18.1. The van der Waals surface area contributed by atoms with Crippen LogP contribution in [-0.2, 0) is 4.74 Å². The molecule has 7 heteroatoms. The van der Waals surface area contributed by atoms with Crippen molar-refractivity contribution in [1.82, 2.24) is 19.6 Å². The number of hydrogen-bond donors (Lipinski definition) is 0. The van der Waals surface area contributed by atoms with Crippen molar-refractivity contribution in [2.45, 2.75) is 51.3 Å². The Balaban J connectivity index is 1.87. The first-order chi connectivity index (χ1) is 11.1. The molecule has 0 aromatic heterocycles. The predicted molar refractivity (Wildman–Crippen MR) is 93.0 cm³/mol. The molecule has 0 spiro atoms. The van der Waals surface area contributed by atoms with Crippen molar-refractivity contribution < 1.29 is 14.3 Å². The highest BCUT2D eigenvalue weighted by Gasteiger charge is 2.36. The second-order valence-corrected chi connectivity index (χ2v) is 8.08. The number of rotatable bonds is 2. The molecule has 2 aliphatic rings. The molecule has 0 aromatic rings. The van der Waals surface area contributed by atoms with Crippen molar-refractivity contribution in [2.75, 3.05) is 47.3 Å². The van der Waals surface area contributed by atoms with E-state index in [-0.39, 0.29) is 24.2 Å². The fraction of sp³-hybridized carbons (Fsp3) is 0.882. The van der Waals surface area contributed by atoms with Crippen LogP contribution in [0.25, 0.3) is 0 Å². The Hall–Kier alpha value is -1.50. The Bertz CT molecular complexity index is 477. The summed E-state index contributed by atoms with van der Waals surface area (Å²) in [6.07, 6.45) is 1.49. The minimum absolute atomic E-state index is 0.0171. The standard InChI is InChI=1S/C17H32N4O3/c1-17(2,3)24-16(23)20(6)14-8-10-21(12-14)15(22)19(5)13-7-9-18(4)11-13/h13-14H,7-12H2,1-6H3. The van der Waals surface area contributed by atoms with Crippen molar-refractivity contribution in [2.24, 2.45) is 0 Å². The fourth-order valence-electron chi connectivity index (χ4n) is 3.32. The third-order valence-corrected chi connectivity index (χ3v) is 4.88. The summed E-state index contributed by atoms with van der Waals surface area (Å²) in [5.41, 5.74) is -0.506. The lowest BCUT2D eigenvalue weighted by Crippen LogP contribution is -2.47. The van der Waals surface area contributed by atoms with Gasteiger partial charge in [-0.25, -0.2) is 9.59 Å². The summed E-state index contributed by atoms with van der Waals surface area (Å²) in [7, 11) is 5.72. The number of nitrogens with zero attached hydrogens (tertiary/aromatic N) is 4. The van der Waals surface area contributed by atoms with Crippen LogP contribution >= 0.6 is 0 Å². The van der Waals surface area contributed by atoms with Gasteiger partial charge < -0.3 is 24.3 Å². The minimum Gasteiger partial charge on any atom is -0.444 e. The maximum Gasteiger partial charge on any atom is 0.410 e. The van der Waals surface area contributed by atoms with E-state index in [9.17, 15) is 9.59 Å². The summed E-state index contributed by atoms with van der Waals surface area (Å²) in [5.74, 6) is 0. The molecular formula is C17H32N4O3. The average Bonchev–Trinajstić information content (AvgIpc) is 3.12. The Morgan fingerprint density at radius 2 is 1.58 bits per heavy atom. The molecule has 24 heavy (non-hydrogen) atoms. The lowest BCUT2D eigenvalue weighted by atomic mass is 10.2.